The Labute approximate surface area is 89.9 Å². The van der Waals surface area contributed by atoms with Gasteiger partial charge in [0.05, 0.1) is 6.26 Å². The van der Waals surface area contributed by atoms with Crippen LogP contribution in [-0.2, 0) is 14.8 Å². The fourth-order valence-electron chi connectivity index (χ4n) is 1.95. The molecule has 86 valence electrons. The fourth-order valence-corrected chi connectivity index (χ4v) is 2.75. The maximum Gasteiger partial charge on any atom is 0.225 e. The Hall–Kier alpha value is -0.620. The summed E-state index contributed by atoms with van der Waals surface area (Å²) in [7, 11) is -3.15. The summed E-state index contributed by atoms with van der Waals surface area (Å²) in [5, 5.41) is 0. The van der Waals surface area contributed by atoms with Crippen molar-refractivity contribution in [2.75, 3.05) is 19.3 Å². The van der Waals surface area contributed by atoms with Gasteiger partial charge in [-0.3, -0.25) is 4.79 Å². The number of nitrogens with one attached hydrogen (secondary N) is 1. The third-order valence-electron chi connectivity index (χ3n) is 2.81. The molecular weight excluding hydrogens is 216 g/mol. The van der Waals surface area contributed by atoms with E-state index in [0.29, 0.717) is 13.1 Å². The van der Waals surface area contributed by atoms with Gasteiger partial charge in [-0.05, 0) is 19.3 Å². The highest BCUT2D eigenvalue weighted by Crippen LogP contribution is 2.32. The molecule has 6 heteroatoms. The molecule has 0 radical (unpaired) electrons. The zero-order valence-corrected chi connectivity index (χ0v) is 9.59. The highest BCUT2D eigenvalue weighted by Gasteiger charge is 2.36. The molecule has 1 N–H and O–H groups in total. The molecule has 1 atom stereocenters. The summed E-state index contributed by atoms with van der Waals surface area (Å²) in [4.78, 5) is 13.4. The van der Waals surface area contributed by atoms with Crippen molar-refractivity contribution in [3.8, 4) is 0 Å². The van der Waals surface area contributed by atoms with Crippen LogP contribution in [0, 0.1) is 5.92 Å². The highest BCUT2D eigenvalue weighted by molar-refractivity contribution is 7.88. The number of hydrogen-bond donors (Lipinski definition) is 1. The zero-order valence-electron chi connectivity index (χ0n) is 8.77. The molecule has 2 aliphatic rings. The first kappa shape index (κ1) is 10.9. The van der Waals surface area contributed by atoms with Crippen molar-refractivity contribution in [1.29, 1.82) is 0 Å². The molecule has 1 heterocycles. The molecule has 2 rings (SSSR count). The Morgan fingerprint density at radius 2 is 2.00 bits per heavy atom. The third kappa shape index (κ3) is 2.92. The Bertz CT molecular complexity index is 362. The van der Waals surface area contributed by atoms with Gasteiger partial charge in [-0.1, -0.05) is 0 Å². The van der Waals surface area contributed by atoms with Gasteiger partial charge in [0.2, 0.25) is 15.9 Å². The van der Waals surface area contributed by atoms with Gasteiger partial charge >= 0.3 is 0 Å². The van der Waals surface area contributed by atoms with Crippen molar-refractivity contribution in [3.63, 3.8) is 0 Å². The van der Waals surface area contributed by atoms with E-state index in [4.69, 9.17) is 0 Å². The van der Waals surface area contributed by atoms with Crippen molar-refractivity contribution in [2.45, 2.75) is 25.3 Å². The molecule has 2 fully saturated rings. The van der Waals surface area contributed by atoms with Crippen molar-refractivity contribution >= 4 is 15.9 Å². The van der Waals surface area contributed by atoms with Gasteiger partial charge in [0.1, 0.15) is 0 Å². The van der Waals surface area contributed by atoms with E-state index in [1.165, 1.54) is 0 Å². The molecule has 0 bridgehead atoms. The number of sulfonamides is 1. The molecule has 1 unspecified atom stereocenters. The molecule has 1 amide bonds. The van der Waals surface area contributed by atoms with E-state index in [0.717, 1.165) is 25.5 Å². The second-order valence-corrected chi connectivity index (χ2v) is 6.21. The first-order chi connectivity index (χ1) is 6.96. The van der Waals surface area contributed by atoms with Gasteiger partial charge in [0.25, 0.3) is 0 Å². The zero-order chi connectivity index (χ0) is 11.1. The van der Waals surface area contributed by atoms with Crippen LogP contribution >= 0.6 is 0 Å². The number of carbonyl (C=O) groups is 1. The summed E-state index contributed by atoms with van der Waals surface area (Å²) in [6.07, 6.45) is 3.88. The van der Waals surface area contributed by atoms with Crippen LogP contribution < -0.4 is 4.72 Å². The molecule has 1 aliphatic carbocycles. The monoisotopic (exact) mass is 232 g/mol. The number of rotatable bonds is 3. The van der Waals surface area contributed by atoms with Crippen LogP contribution in [0.25, 0.3) is 0 Å². The number of likely N-dealkylation sites (tertiary alicyclic amines) is 1. The normalized spacial score (nSPS) is 27.0. The maximum absolute atomic E-state index is 11.7. The molecule has 5 nitrogen and oxygen atoms in total. The number of amides is 1. The molecular formula is C9H16N2O3S. The second-order valence-electron chi connectivity index (χ2n) is 4.43. The number of carbonyl (C=O) groups excluding carboxylic acids is 1. The summed E-state index contributed by atoms with van der Waals surface area (Å²) in [5.41, 5.74) is 0. The lowest BCUT2D eigenvalue weighted by Gasteiger charge is -2.16. The predicted molar refractivity (Wildman–Crippen MR) is 55.7 cm³/mol. The minimum absolute atomic E-state index is 0.0947. The van der Waals surface area contributed by atoms with E-state index in [9.17, 15) is 13.2 Å². The van der Waals surface area contributed by atoms with Crippen molar-refractivity contribution in [3.05, 3.63) is 0 Å². The summed E-state index contributed by atoms with van der Waals surface area (Å²) >= 11 is 0. The SMILES string of the molecule is CS(=O)(=O)NC1CCN(C(=O)C2CC2)C1. The predicted octanol–water partition coefficient (Wildman–Crippen LogP) is -0.454. The van der Waals surface area contributed by atoms with Crippen LogP contribution in [0.15, 0.2) is 0 Å². The molecule has 1 saturated carbocycles. The van der Waals surface area contributed by atoms with Crippen molar-refractivity contribution in [1.82, 2.24) is 9.62 Å². The van der Waals surface area contributed by atoms with E-state index in [2.05, 4.69) is 4.72 Å². The van der Waals surface area contributed by atoms with Gasteiger partial charge in [0, 0.05) is 25.0 Å². The molecule has 1 aliphatic heterocycles. The Balaban J connectivity index is 1.86. The average molecular weight is 232 g/mol. The van der Waals surface area contributed by atoms with Crippen LogP contribution in [0.3, 0.4) is 0 Å². The van der Waals surface area contributed by atoms with E-state index >= 15 is 0 Å². The lowest BCUT2D eigenvalue weighted by Crippen LogP contribution is -2.38. The summed E-state index contributed by atoms with van der Waals surface area (Å²) in [6.45, 7) is 1.21. The van der Waals surface area contributed by atoms with E-state index in [1.54, 1.807) is 4.90 Å². The smallest absolute Gasteiger partial charge is 0.225 e. The third-order valence-corrected chi connectivity index (χ3v) is 3.57. The molecule has 0 aromatic heterocycles. The van der Waals surface area contributed by atoms with Gasteiger partial charge in [0.15, 0.2) is 0 Å². The van der Waals surface area contributed by atoms with Crippen LogP contribution in [0.5, 0.6) is 0 Å². The average Bonchev–Trinajstić information content (AvgIpc) is 2.85. The van der Waals surface area contributed by atoms with E-state index in [1.807, 2.05) is 0 Å². The van der Waals surface area contributed by atoms with Gasteiger partial charge in [-0.15, -0.1) is 0 Å². The minimum atomic E-state index is -3.15. The lowest BCUT2D eigenvalue weighted by atomic mass is 10.3. The minimum Gasteiger partial charge on any atom is -0.341 e. The second kappa shape index (κ2) is 3.75. The first-order valence-corrected chi connectivity index (χ1v) is 7.11. The topological polar surface area (TPSA) is 66.5 Å². The lowest BCUT2D eigenvalue weighted by molar-refractivity contribution is -0.131. The standard InChI is InChI=1S/C9H16N2O3S/c1-15(13,14)10-8-4-5-11(6-8)9(12)7-2-3-7/h7-8,10H,2-6H2,1H3. The van der Waals surface area contributed by atoms with E-state index < -0.39 is 10.0 Å². The summed E-state index contributed by atoms with van der Waals surface area (Å²) in [5.74, 6) is 0.426. The van der Waals surface area contributed by atoms with Crippen LogP contribution in [0.2, 0.25) is 0 Å². The largest absolute Gasteiger partial charge is 0.341 e. The Kier molecular flexibility index (Phi) is 2.72. The first-order valence-electron chi connectivity index (χ1n) is 5.22. The van der Waals surface area contributed by atoms with Crippen LogP contribution in [0.4, 0.5) is 0 Å². The van der Waals surface area contributed by atoms with Gasteiger partial charge in [-0.2, -0.15) is 0 Å². The molecule has 0 spiro atoms. The molecule has 0 aromatic carbocycles. The molecule has 15 heavy (non-hydrogen) atoms. The van der Waals surface area contributed by atoms with Gasteiger partial charge < -0.3 is 4.90 Å². The number of nitrogens with zero attached hydrogens (tertiary/aromatic N) is 1. The Morgan fingerprint density at radius 1 is 1.33 bits per heavy atom. The Morgan fingerprint density at radius 3 is 2.53 bits per heavy atom. The van der Waals surface area contributed by atoms with Gasteiger partial charge in [-0.25, -0.2) is 13.1 Å². The van der Waals surface area contributed by atoms with Crippen molar-refractivity contribution in [2.24, 2.45) is 5.92 Å². The molecule has 0 aromatic rings. The van der Waals surface area contributed by atoms with Crippen molar-refractivity contribution < 1.29 is 13.2 Å². The summed E-state index contributed by atoms with van der Waals surface area (Å²) < 4.78 is 24.5. The number of hydrogen-bond acceptors (Lipinski definition) is 3. The quantitative estimate of drug-likeness (QED) is 0.716. The maximum atomic E-state index is 11.7. The molecule has 1 saturated heterocycles. The van der Waals surface area contributed by atoms with Crippen LogP contribution in [0.1, 0.15) is 19.3 Å². The van der Waals surface area contributed by atoms with Crippen LogP contribution in [-0.4, -0.2) is 44.6 Å². The fraction of sp³-hybridized carbons (Fsp3) is 0.889. The van der Waals surface area contributed by atoms with E-state index in [-0.39, 0.29) is 17.9 Å². The summed E-state index contributed by atoms with van der Waals surface area (Å²) in [6, 6.07) is -0.0947. The highest BCUT2D eigenvalue weighted by atomic mass is 32.2.